The summed E-state index contributed by atoms with van der Waals surface area (Å²) in [4.78, 5) is 40.1. The van der Waals surface area contributed by atoms with E-state index in [0.717, 1.165) is 0 Å². The molecule has 1 atom stereocenters. The second kappa shape index (κ2) is 11.0. The molecule has 24 heavy (non-hydrogen) atoms. The normalized spacial score (nSPS) is 11.8. The number of nitrogens with zero attached hydrogens (tertiary/aromatic N) is 1. The molecule has 0 saturated carbocycles. The Morgan fingerprint density at radius 2 is 2.00 bits per heavy atom. The number of unbranched alkanes of at least 4 members (excludes halogenated alkanes) is 1. The van der Waals surface area contributed by atoms with Gasteiger partial charge >= 0.3 is 5.97 Å². The van der Waals surface area contributed by atoms with E-state index in [2.05, 4.69) is 20.9 Å². The molecule has 0 aliphatic heterocycles. The van der Waals surface area contributed by atoms with Gasteiger partial charge in [0.05, 0.1) is 12.5 Å². The number of rotatable bonds is 11. The molecule has 132 valence electrons. The fourth-order valence-electron chi connectivity index (χ4n) is 2.28. The third kappa shape index (κ3) is 6.88. The lowest BCUT2D eigenvalue weighted by Crippen LogP contribution is -2.27. The van der Waals surface area contributed by atoms with E-state index in [0.29, 0.717) is 35.9 Å². The number of hydrogen-bond donors (Lipinski definition) is 0. The Morgan fingerprint density at radius 1 is 1.25 bits per heavy atom. The maximum atomic E-state index is 12.6. The Kier molecular flexibility index (Phi) is 9.41. The van der Waals surface area contributed by atoms with Gasteiger partial charge in [-0.25, -0.2) is 0 Å². The highest BCUT2D eigenvalue weighted by Crippen LogP contribution is 2.19. The summed E-state index contributed by atoms with van der Waals surface area (Å²) in [7, 11) is 1.42. The Hall–Kier alpha value is -1.60. The van der Waals surface area contributed by atoms with Crippen molar-refractivity contribution in [1.29, 1.82) is 0 Å². The van der Waals surface area contributed by atoms with Gasteiger partial charge in [-0.2, -0.15) is 0 Å². The molecular weight excluding hydrogens is 378 g/mol. The van der Waals surface area contributed by atoms with Crippen molar-refractivity contribution in [3.8, 4) is 0 Å². The first-order chi connectivity index (χ1) is 11.5. The van der Waals surface area contributed by atoms with Crippen LogP contribution in [0.15, 0.2) is 22.9 Å². The minimum atomic E-state index is -0.789. The number of methoxy groups -OCH3 is 1. The maximum Gasteiger partial charge on any atom is 0.305 e. The summed E-state index contributed by atoms with van der Waals surface area (Å²) in [6.07, 6.45) is 4.81. The first-order valence-electron chi connectivity index (χ1n) is 7.81. The van der Waals surface area contributed by atoms with E-state index in [1.165, 1.54) is 13.3 Å². The summed E-state index contributed by atoms with van der Waals surface area (Å²) in [5.74, 6) is -1.59. The summed E-state index contributed by atoms with van der Waals surface area (Å²) in [5.41, 5.74) is 0.379. The summed E-state index contributed by atoms with van der Waals surface area (Å²) in [6, 6.07) is 1.64. The minimum absolute atomic E-state index is 0.115. The molecule has 0 aliphatic rings. The molecular formula is C17H22BrNO5. The van der Waals surface area contributed by atoms with Crippen molar-refractivity contribution in [2.75, 3.05) is 20.3 Å². The fraction of sp³-hybridized carbons (Fsp3) is 0.529. The van der Waals surface area contributed by atoms with Crippen molar-refractivity contribution >= 4 is 33.5 Å². The van der Waals surface area contributed by atoms with Crippen molar-refractivity contribution in [2.24, 2.45) is 5.92 Å². The number of ketones is 2. The second-order valence-electron chi connectivity index (χ2n) is 5.26. The summed E-state index contributed by atoms with van der Waals surface area (Å²) < 4.78 is 10.4. The Bertz CT molecular complexity index is 576. The van der Waals surface area contributed by atoms with Crippen molar-refractivity contribution in [1.82, 2.24) is 4.98 Å². The van der Waals surface area contributed by atoms with E-state index in [1.807, 2.05) is 0 Å². The summed E-state index contributed by atoms with van der Waals surface area (Å²) in [6.45, 7) is 1.99. The van der Waals surface area contributed by atoms with Crippen molar-refractivity contribution in [3.63, 3.8) is 0 Å². The average Bonchev–Trinajstić information content (AvgIpc) is 2.54. The lowest BCUT2D eigenvalue weighted by molar-refractivity contribution is -0.143. The fourth-order valence-corrected chi connectivity index (χ4v) is 2.64. The molecule has 0 spiro atoms. The average molecular weight is 400 g/mol. The lowest BCUT2D eigenvalue weighted by atomic mass is 9.89. The zero-order chi connectivity index (χ0) is 17.9. The highest BCUT2D eigenvalue weighted by Gasteiger charge is 2.27. The Labute approximate surface area is 150 Å². The largest absolute Gasteiger partial charge is 0.466 e. The minimum Gasteiger partial charge on any atom is -0.466 e. The number of pyridine rings is 1. The van der Waals surface area contributed by atoms with Crippen LogP contribution in [0.3, 0.4) is 0 Å². The number of halogens is 1. The molecule has 7 heteroatoms. The van der Waals surface area contributed by atoms with Crippen LogP contribution in [0.5, 0.6) is 0 Å². The number of hydrogen-bond acceptors (Lipinski definition) is 6. The second-order valence-corrected chi connectivity index (χ2v) is 6.17. The molecule has 1 aromatic rings. The van der Waals surface area contributed by atoms with E-state index >= 15 is 0 Å². The number of carbonyl (C=O) groups excluding carboxylic acids is 3. The quantitative estimate of drug-likeness (QED) is 0.246. The number of Topliss-reactive ketones (excluding diaryl/α,β-unsaturated/α-hetero) is 2. The number of aromatic nitrogens is 1. The predicted octanol–water partition coefficient (Wildman–Crippen LogP) is 2.98. The third-order valence-corrected chi connectivity index (χ3v) is 3.84. The van der Waals surface area contributed by atoms with Crippen molar-refractivity contribution in [3.05, 3.63) is 28.5 Å². The van der Waals surface area contributed by atoms with E-state index in [9.17, 15) is 14.4 Å². The standard InChI is InChI=1S/C17H22BrNO5/c1-3-24-16(21)7-5-4-6-14(15(20)11-23-2)17(22)12-8-13(18)10-19-9-12/h8-10,14H,3-7,11H2,1-2H3. The zero-order valence-corrected chi connectivity index (χ0v) is 15.5. The first kappa shape index (κ1) is 20.4. The van der Waals surface area contributed by atoms with Crippen molar-refractivity contribution in [2.45, 2.75) is 32.6 Å². The third-order valence-electron chi connectivity index (χ3n) is 3.41. The summed E-state index contributed by atoms with van der Waals surface area (Å²) >= 11 is 3.27. The molecule has 0 radical (unpaired) electrons. The van der Waals surface area contributed by atoms with E-state index in [1.54, 1.807) is 19.2 Å². The summed E-state index contributed by atoms with van der Waals surface area (Å²) in [5, 5.41) is 0. The molecule has 0 aliphatic carbocycles. The van der Waals surface area contributed by atoms with Gasteiger partial charge in [-0.1, -0.05) is 6.42 Å². The zero-order valence-electron chi connectivity index (χ0n) is 13.9. The molecule has 0 saturated heterocycles. The smallest absolute Gasteiger partial charge is 0.305 e. The molecule has 6 nitrogen and oxygen atoms in total. The molecule has 0 aromatic carbocycles. The molecule has 1 rings (SSSR count). The number of carbonyl (C=O) groups is 3. The van der Waals surface area contributed by atoms with Gasteiger partial charge in [0.2, 0.25) is 0 Å². The van der Waals surface area contributed by atoms with Crippen LogP contribution in [-0.2, 0) is 19.1 Å². The van der Waals surface area contributed by atoms with Crippen LogP contribution < -0.4 is 0 Å². The number of ether oxygens (including phenoxy) is 2. The van der Waals surface area contributed by atoms with Crippen LogP contribution in [-0.4, -0.2) is 42.8 Å². The van der Waals surface area contributed by atoms with Crippen LogP contribution in [0.4, 0.5) is 0 Å². The highest BCUT2D eigenvalue weighted by molar-refractivity contribution is 9.10. The van der Waals surface area contributed by atoms with Crippen LogP contribution in [0.1, 0.15) is 43.0 Å². The van der Waals surface area contributed by atoms with Gasteiger partial charge in [-0.3, -0.25) is 19.4 Å². The van der Waals surface area contributed by atoms with E-state index in [-0.39, 0.29) is 30.6 Å². The van der Waals surface area contributed by atoms with Gasteiger partial charge in [0.15, 0.2) is 11.6 Å². The topological polar surface area (TPSA) is 82.6 Å². The van der Waals surface area contributed by atoms with E-state index in [4.69, 9.17) is 9.47 Å². The molecule has 0 fully saturated rings. The van der Waals surface area contributed by atoms with Gasteiger partial charge in [0, 0.05) is 36.0 Å². The van der Waals surface area contributed by atoms with Gasteiger partial charge in [-0.15, -0.1) is 0 Å². The van der Waals surface area contributed by atoms with Crippen molar-refractivity contribution < 1.29 is 23.9 Å². The molecule has 1 unspecified atom stereocenters. The van der Waals surface area contributed by atoms with Gasteiger partial charge in [0.1, 0.15) is 6.61 Å². The monoisotopic (exact) mass is 399 g/mol. The van der Waals surface area contributed by atoms with Crippen LogP contribution in [0.25, 0.3) is 0 Å². The van der Waals surface area contributed by atoms with Gasteiger partial charge in [-0.05, 0) is 41.8 Å². The number of esters is 1. The van der Waals surface area contributed by atoms with E-state index < -0.39 is 5.92 Å². The molecule has 0 bridgehead atoms. The molecule has 0 amide bonds. The highest BCUT2D eigenvalue weighted by atomic mass is 79.9. The molecule has 1 heterocycles. The Morgan fingerprint density at radius 3 is 2.62 bits per heavy atom. The van der Waals surface area contributed by atoms with Gasteiger partial charge < -0.3 is 9.47 Å². The SMILES string of the molecule is CCOC(=O)CCCCC(C(=O)COC)C(=O)c1cncc(Br)c1. The van der Waals surface area contributed by atoms with Crippen LogP contribution >= 0.6 is 15.9 Å². The van der Waals surface area contributed by atoms with Crippen LogP contribution in [0, 0.1) is 5.92 Å². The molecule has 0 N–H and O–H groups in total. The van der Waals surface area contributed by atoms with Crippen LogP contribution in [0.2, 0.25) is 0 Å². The predicted molar refractivity (Wildman–Crippen MR) is 91.7 cm³/mol. The Balaban J connectivity index is 2.69. The molecule has 1 aromatic heterocycles. The lowest BCUT2D eigenvalue weighted by Gasteiger charge is -2.14. The first-order valence-corrected chi connectivity index (χ1v) is 8.60. The van der Waals surface area contributed by atoms with Gasteiger partial charge in [0.25, 0.3) is 0 Å². The maximum absolute atomic E-state index is 12.6.